The predicted octanol–water partition coefficient (Wildman–Crippen LogP) is 6.59. The van der Waals surface area contributed by atoms with Crippen LogP contribution in [0.5, 0.6) is 5.75 Å². The second-order valence-electron chi connectivity index (χ2n) is 6.13. The van der Waals surface area contributed by atoms with E-state index in [1.165, 1.54) is 6.07 Å². The van der Waals surface area contributed by atoms with Crippen LogP contribution in [0.3, 0.4) is 0 Å². The number of aryl methyl sites for hydroxylation is 1. The fourth-order valence-corrected chi connectivity index (χ4v) is 3.79. The number of rotatable bonds is 5. The highest BCUT2D eigenvalue weighted by molar-refractivity contribution is 9.10. The van der Waals surface area contributed by atoms with Gasteiger partial charge in [0.25, 0.3) is 0 Å². The highest BCUT2D eigenvalue weighted by Crippen LogP contribution is 2.29. The molecule has 0 saturated carbocycles. The molecule has 0 fully saturated rings. The van der Waals surface area contributed by atoms with Crippen LogP contribution in [-0.4, -0.2) is 9.97 Å². The minimum Gasteiger partial charge on any atom is -0.489 e. The van der Waals surface area contributed by atoms with Crippen LogP contribution in [0.2, 0.25) is 0 Å². The Bertz CT molecular complexity index is 1080. The number of thiophene rings is 1. The zero-order chi connectivity index (χ0) is 18.8. The normalized spacial score (nSPS) is 10.9. The quantitative estimate of drug-likeness (QED) is 0.378. The zero-order valence-electron chi connectivity index (χ0n) is 14.5. The molecule has 0 radical (unpaired) electrons. The van der Waals surface area contributed by atoms with Gasteiger partial charge < -0.3 is 9.72 Å². The van der Waals surface area contributed by atoms with E-state index in [9.17, 15) is 4.39 Å². The Morgan fingerprint density at radius 3 is 2.81 bits per heavy atom. The smallest absolute Gasteiger partial charge is 0.147 e. The minimum absolute atomic E-state index is 0.186. The van der Waals surface area contributed by atoms with Gasteiger partial charge in [0, 0.05) is 15.6 Å². The summed E-state index contributed by atoms with van der Waals surface area (Å²) in [5, 5.41) is 2.03. The number of aromatic nitrogens is 2. The van der Waals surface area contributed by atoms with Crippen molar-refractivity contribution in [1.82, 2.24) is 9.97 Å². The summed E-state index contributed by atoms with van der Waals surface area (Å²) < 4.78 is 20.5. The van der Waals surface area contributed by atoms with E-state index in [-0.39, 0.29) is 12.4 Å². The summed E-state index contributed by atoms with van der Waals surface area (Å²) in [7, 11) is 0. The number of H-pyrrole nitrogens is 1. The third-order valence-corrected chi connectivity index (χ3v) is 5.58. The van der Waals surface area contributed by atoms with E-state index in [4.69, 9.17) is 4.74 Å². The van der Waals surface area contributed by atoms with Gasteiger partial charge in [-0.15, -0.1) is 11.3 Å². The molecule has 0 amide bonds. The lowest BCUT2D eigenvalue weighted by Crippen LogP contribution is -2.00. The SMILES string of the molecule is Cc1cc(-c2cnc(-c3cccs3)[nH]2)ccc1OCc1ccc(Br)cc1F. The summed E-state index contributed by atoms with van der Waals surface area (Å²) in [4.78, 5) is 8.92. The number of hydrogen-bond donors (Lipinski definition) is 1. The maximum atomic E-state index is 13.9. The van der Waals surface area contributed by atoms with E-state index in [0.29, 0.717) is 10.0 Å². The zero-order valence-corrected chi connectivity index (χ0v) is 16.9. The van der Waals surface area contributed by atoms with Crippen molar-refractivity contribution >= 4 is 27.3 Å². The van der Waals surface area contributed by atoms with Gasteiger partial charge >= 0.3 is 0 Å². The molecule has 2 aromatic carbocycles. The average molecular weight is 443 g/mol. The summed E-state index contributed by atoms with van der Waals surface area (Å²) >= 11 is 4.91. The van der Waals surface area contributed by atoms with Gasteiger partial charge in [-0.05, 0) is 54.3 Å². The van der Waals surface area contributed by atoms with Gasteiger partial charge in [0.2, 0.25) is 0 Å². The highest BCUT2D eigenvalue weighted by atomic mass is 79.9. The van der Waals surface area contributed by atoms with Gasteiger partial charge in [-0.25, -0.2) is 9.37 Å². The Morgan fingerprint density at radius 2 is 2.07 bits per heavy atom. The van der Waals surface area contributed by atoms with Crippen molar-refractivity contribution in [3.63, 3.8) is 0 Å². The van der Waals surface area contributed by atoms with Crippen LogP contribution >= 0.6 is 27.3 Å². The van der Waals surface area contributed by atoms with Crippen molar-refractivity contribution in [3.8, 4) is 27.7 Å². The molecule has 0 atom stereocenters. The standard InChI is InChI=1S/C21H16BrFN2OS/c1-13-9-14(18-11-24-21(25-18)20-3-2-8-27-20)5-7-19(13)26-12-15-4-6-16(22)10-17(15)23/h2-11H,12H2,1H3,(H,24,25). The molecule has 27 heavy (non-hydrogen) atoms. The van der Waals surface area contributed by atoms with E-state index < -0.39 is 0 Å². The first-order valence-electron chi connectivity index (χ1n) is 8.37. The fraction of sp³-hybridized carbons (Fsp3) is 0.0952. The van der Waals surface area contributed by atoms with E-state index >= 15 is 0 Å². The largest absolute Gasteiger partial charge is 0.489 e. The molecule has 0 unspecified atom stereocenters. The molecule has 0 aliphatic heterocycles. The Morgan fingerprint density at radius 1 is 1.19 bits per heavy atom. The van der Waals surface area contributed by atoms with E-state index in [0.717, 1.165) is 33.3 Å². The summed E-state index contributed by atoms with van der Waals surface area (Å²) in [6.45, 7) is 2.17. The molecule has 136 valence electrons. The van der Waals surface area contributed by atoms with Crippen molar-refractivity contribution in [2.24, 2.45) is 0 Å². The van der Waals surface area contributed by atoms with E-state index in [1.54, 1.807) is 23.5 Å². The lowest BCUT2D eigenvalue weighted by atomic mass is 10.1. The number of hydrogen-bond acceptors (Lipinski definition) is 3. The highest BCUT2D eigenvalue weighted by Gasteiger charge is 2.09. The van der Waals surface area contributed by atoms with Crippen molar-refractivity contribution in [2.75, 3.05) is 0 Å². The molecule has 2 aromatic heterocycles. The first-order chi connectivity index (χ1) is 13.1. The molecule has 0 bridgehead atoms. The van der Waals surface area contributed by atoms with Crippen molar-refractivity contribution in [3.05, 3.63) is 81.5 Å². The van der Waals surface area contributed by atoms with Gasteiger partial charge in [-0.1, -0.05) is 28.1 Å². The lowest BCUT2D eigenvalue weighted by molar-refractivity contribution is 0.298. The number of nitrogens with zero attached hydrogens (tertiary/aromatic N) is 1. The Kier molecular flexibility index (Phi) is 5.09. The number of imidazole rings is 1. The van der Waals surface area contributed by atoms with Gasteiger partial charge in [0.15, 0.2) is 0 Å². The topological polar surface area (TPSA) is 37.9 Å². The van der Waals surface area contributed by atoms with Gasteiger partial charge in [-0.3, -0.25) is 0 Å². The van der Waals surface area contributed by atoms with E-state index in [2.05, 4.69) is 25.9 Å². The molecule has 6 heteroatoms. The fourth-order valence-electron chi connectivity index (χ4n) is 2.78. The molecular weight excluding hydrogens is 427 g/mol. The second kappa shape index (κ2) is 7.66. The molecule has 1 N–H and O–H groups in total. The third-order valence-electron chi connectivity index (χ3n) is 4.21. The van der Waals surface area contributed by atoms with Crippen molar-refractivity contribution in [2.45, 2.75) is 13.5 Å². The van der Waals surface area contributed by atoms with Gasteiger partial charge in [0.1, 0.15) is 24.0 Å². The average Bonchev–Trinajstić information content (AvgIpc) is 3.33. The summed E-state index contributed by atoms with van der Waals surface area (Å²) in [6, 6.07) is 14.9. The number of ether oxygens (including phenoxy) is 1. The van der Waals surface area contributed by atoms with Gasteiger partial charge in [-0.2, -0.15) is 0 Å². The van der Waals surface area contributed by atoms with Crippen LogP contribution in [0.4, 0.5) is 4.39 Å². The molecular formula is C21H16BrFN2OS. The number of nitrogens with one attached hydrogen (secondary N) is 1. The Hall–Kier alpha value is -2.44. The van der Waals surface area contributed by atoms with Crippen LogP contribution in [0.15, 0.2) is 64.6 Å². The van der Waals surface area contributed by atoms with Crippen molar-refractivity contribution < 1.29 is 9.13 Å². The molecule has 0 saturated heterocycles. The monoisotopic (exact) mass is 442 g/mol. The number of halogens is 2. The minimum atomic E-state index is -0.280. The van der Waals surface area contributed by atoms with Crippen LogP contribution in [0.25, 0.3) is 22.0 Å². The third kappa shape index (κ3) is 3.96. The lowest BCUT2D eigenvalue weighted by Gasteiger charge is -2.11. The van der Waals surface area contributed by atoms with Crippen LogP contribution in [0, 0.1) is 12.7 Å². The van der Waals surface area contributed by atoms with Crippen LogP contribution in [-0.2, 0) is 6.61 Å². The number of aromatic amines is 1. The number of benzene rings is 2. The van der Waals surface area contributed by atoms with Crippen molar-refractivity contribution in [1.29, 1.82) is 0 Å². The molecule has 2 heterocycles. The summed E-state index contributed by atoms with van der Waals surface area (Å²) in [5.41, 5.74) is 3.49. The first-order valence-corrected chi connectivity index (χ1v) is 10.0. The van der Waals surface area contributed by atoms with Gasteiger partial charge in [0.05, 0.1) is 16.8 Å². The molecule has 0 aliphatic rings. The van der Waals surface area contributed by atoms with Crippen LogP contribution < -0.4 is 4.74 Å². The molecule has 3 nitrogen and oxygen atoms in total. The summed E-state index contributed by atoms with van der Waals surface area (Å²) in [6.07, 6.45) is 1.83. The molecule has 4 aromatic rings. The molecule has 0 aliphatic carbocycles. The predicted molar refractivity (Wildman–Crippen MR) is 111 cm³/mol. The van der Waals surface area contributed by atoms with Crippen LogP contribution in [0.1, 0.15) is 11.1 Å². The molecule has 4 rings (SSSR count). The first kappa shape index (κ1) is 17.9. The Labute approximate surface area is 169 Å². The second-order valence-corrected chi connectivity index (χ2v) is 7.99. The maximum Gasteiger partial charge on any atom is 0.147 e. The molecule has 0 spiro atoms. The summed E-state index contributed by atoms with van der Waals surface area (Å²) in [5.74, 6) is 1.32. The maximum absolute atomic E-state index is 13.9. The Balaban J connectivity index is 1.51. The van der Waals surface area contributed by atoms with E-state index in [1.807, 2.05) is 48.8 Å².